The summed E-state index contributed by atoms with van der Waals surface area (Å²) in [5.41, 5.74) is -0.833. The Kier molecular flexibility index (Phi) is 6.73. The zero-order valence-electron chi connectivity index (χ0n) is 16.6. The number of unbranched alkanes of at least 4 members (excludes halogenated alkanes) is 1. The van der Waals surface area contributed by atoms with Crippen molar-refractivity contribution in [2.45, 2.75) is 58.4 Å². The van der Waals surface area contributed by atoms with Gasteiger partial charge in [0.25, 0.3) is 5.91 Å². The van der Waals surface area contributed by atoms with E-state index in [0.717, 1.165) is 24.2 Å². The van der Waals surface area contributed by atoms with Crippen molar-refractivity contribution < 1.29 is 18.8 Å². The van der Waals surface area contributed by atoms with E-state index in [2.05, 4.69) is 6.92 Å². The van der Waals surface area contributed by atoms with Gasteiger partial charge in [0.15, 0.2) is 5.78 Å². The first-order valence-corrected chi connectivity index (χ1v) is 9.62. The van der Waals surface area contributed by atoms with Crippen LogP contribution in [0.25, 0.3) is 0 Å². The third-order valence-electron chi connectivity index (χ3n) is 5.62. The molecule has 0 bridgehead atoms. The minimum absolute atomic E-state index is 0.0679. The average molecular weight is 376 g/mol. The number of halogens is 1. The first-order valence-electron chi connectivity index (χ1n) is 9.62. The van der Waals surface area contributed by atoms with Gasteiger partial charge < -0.3 is 4.90 Å². The fourth-order valence-electron chi connectivity index (χ4n) is 3.59. The number of ketones is 1. The van der Waals surface area contributed by atoms with Crippen LogP contribution < -0.4 is 0 Å². The fourth-order valence-corrected chi connectivity index (χ4v) is 3.59. The summed E-state index contributed by atoms with van der Waals surface area (Å²) < 4.78 is 14.1. The van der Waals surface area contributed by atoms with E-state index in [0.29, 0.717) is 12.0 Å². The van der Waals surface area contributed by atoms with Crippen LogP contribution in [0.15, 0.2) is 24.3 Å². The number of carbonyl (C=O) groups is 3. The van der Waals surface area contributed by atoms with Crippen LogP contribution in [-0.2, 0) is 16.0 Å². The van der Waals surface area contributed by atoms with E-state index >= 15 is 0 Å². The minimum Gasteiger partial charge on any atom is -0.313 e. The minimum atomic E-state index is -1.20. The lowest BCUT2D eigenvalue weighted by molar-refractivity contribution is -0.136. The highest BCUT2D eigenvalue weighted by molar-refractivity contribution is 6.09. The second-order valence-electron chi connectivity index (χ2n) is 7.49. The number of hydrogen-bond acceptors (Lipinski definition) is 3. The molecular weight excluding hydrogens is 347 g/mol. The monoisotopic (exact) mass is 376 g/mol. The van der Waals surface area contributed by atoms with E-state index < -0.39 is 23.3 Å². The third-order valence-corrected chi connectivity index (χ3v) is 5.62. The predicted molar refractivity (Wildman–Crippen MR) is 102 cm³/mol. The highest BCUT2D eigenvalue weighted by Crippen LogP contribution is 2.31. The van der Waals surface area contributed by atoms with E-state index in [1.54, 1.807) is 25.1 Å². The first kappa shape index (κ1) is 21.1. The SMILES string of the molecule is CCCCC(CC)C(=O)CN1C(=O)N(C)C(C)(Cc2ccccc2F)C1=O. The molecule has 0 radical (unpaired) electrons. The molecular formula is C21H29FN2O3. The number of rotatable bonds is 9. The molecule has 0 N–H and O–H groups in total. The summed E-state index contributed by atoms with van der Waals surface area (Å²) in [6.07, 6.45) is 3.46. The van der Waals surface area contributed by atoms with Crippen LogP contribution in [0.4, 0.5) is 9.18 Å². The van der Waals surface area contributed by atoms with Crippen molar-refractivity contribution in [2.75, 3.05) is 13.6 Å². The maximum Gasteiger partial charge on any atom is 0.327 e. The number of hydrogen-bond donors (Lipinski definition) is 0. The molecule has 5 nitrogen and oxygen atoms in total. The number of benzene rings is 1. The number of Topliss-reactive ketones (excluding diaryl/α,β-unsaturated/α-hetero) is 1. The van der Waals surface area contributed by atoms with Gasteiger partial charge in [0, 0.05) is 19.4 Å². The van der Waals surface area contributed by atoms with E-state index in [-0.39, 0.29) is 24.7 Å². The molecule has 148 valence electrons. The summed E-state index contributed by atoms with van der Waals surface area (Å²) in [6, 6.07) is 5.72. The van der Waals surface area contributed by atoms with Gasteiger partial charge in [-0.1, -0.05) is 44.9 Å². The topological polar surface area (TPSA) is 57.7 Å². The van der Waals surface area contributed by atoms with Crippen LogP contribution in [0.3, 0.4) is 0 Å². The molecule has 1 aliphatic heterocycles. The van der Waals surface area contributed by atoms with Crippen LogP contribution in [0.1, 0.15) is 52.0 Å². The van der Waals surface area contributed by atoms with Crippen LogP contribution in [0, 0.1) is 11.7 Å². The molecule has 2 rings (SSSR count). The van der Waals surface area contributed by atoms with E-state index in [4.69, 9.17) is 0 Å². The van der Waals surface area contributed by atoms with Gasteiger partial charge in [0.1, 0.15) is 11.4 Å². The molecule has 1 saturated heterocycles. The van der Waals surface area contributed by atoms with Gasteiger partial charge in [-0.25, -0.2) is 9.18 Å². The molecule has 0 spiro atoms. The maximum atomic E-state index is 14.1. The van der Waals surface area contributed by atoms with E-state index in [9.17, 15) is 18.8 Å². The Morgan fingerprint density at radius 3 is 2.48 bits per heavy atom. The Balaban J connectivity index is 2.18. The summed E-state index contributed by atoms with van der Waals surface area (Å²) in [5.74, 6) is -1.09. The van der Waals surface area contributed by atoms with Crippen molar-refractivity contribution in [3.63, 3.8) is 0 Å². The quantitative estimate of drug-likeness (QED) is 0.616. The Labute approximate surface area is 160 Å². The first-order chi connectivity index (χ1) is 12.8. The molecule has 6 heteroatoms. The number of imide groups is 1. The summed E-state index contributed by atoms with van der Waals surface area (Å²) in [6.45, 7) is 5.42. The van der Waals surface area contributed by atoms with Crippen molar-refractivity contribution in [3.8, 4) is 0 Å². The Morgan fingerprint density at radius 2 is 1.89 bits per heavy atom. The fraction of sp³-hybridized carbons (Fsp3) is 0.571. The molecule has 0 aromatic heterocycles. The molecule has 0 aliphatic carbocycles. The number of amides is 3. The summed E-state index contributed by atoms with van der Waals surface area (Å²) in [5, 5.41) is 0. The Hall–Kier alpha value is -2.24. The van der Waals surface area contributed by atoms with Gasteiger partial charge in [0.05, 0.1) is 6.54 Å². The number of nitrogens with zero attached hydrogens (tertiary/aromatic N) is 2. The molecule has 27 heavy (non-hydrogen) atoms. The lowest BCUT2D eigenvalue weighted by atomic mass is 9.91. The van der Waals surface area contributed by atoms with Gasteiger partial charge in [-0.05, 0) is 31.4 Å². The molecule has 1 heterocycles. The molecule has 2 atom stereocenters. The van der Waals surface area contributed by atoms with Crippen LogP contribution in [0.5, 0.6) is 0 Å². The van der Waals surface area contributed by atoms with E-state index in [1.165, 1.54) is 18.0 Å². The number of urea groups is 1. The van der Waals surface area contributed by atoms with Crippen LogP contribution in [-0.4, -0.2) is 46.7 Å². The predicted octanol–water partition coefficient (Wildman–Crippen LogP) is 3.81. The van der Waals surface area contributed by atoms with Crippen LogP contribution in [0.2, 0.25) is 0 Å². The molecule has 1 aromatic carbocycles. The van der Waals surface area contributed by atoms with Crippen molar-refractivity contribution in [1.29, 1.82) is 0 Å². The lowest BCUT2D eigenvalue weighted by Crippen LogP contribution is -2.47. The van der Waals surface area contributed by atoms with Crippen molar-refractivity contribution in [3.05, 3.63) is 35.6 Å². The zero-order chi connectivity index (χ0) is 20.2. The van der Waals surface area contributed by atoms with Gasteiger partial charge in [-0.3, -0.25) is 14.5 Å². The maximum absolute atomic E-state index is 14.1. The zero-order valence-corrected chi connectivity index (χ0v) is 16.6. The Morgan fingerprint density at radius 1 is 1.22 bits per heavy atom. The van der Waals surface area contributed by atoms with Gasteiger partial charge in [0.2, 0.25) is 0 Å². The van der Waals surface area contributed by atoms with Crippen molar-refractivity contribution >= 4 is 17.7 Å². The smallest absolute Gasteiger partial charge is 0.313 e. The molecule has 1 aliphatic rings. The van der Waals surface area contributed by atoms with E-state index in [1.807, 2.05) is 6.92 Å². The third kappa shape index (κ3) is 4.20. The van der Waals surface area contributed by atoms with Gasteiger partial charge >= 0.3 is 6.03 Å². The number of likely N-dealkylation sites (N-methyl/N-ethyl adjacent to an activating group) is 1. The molecule has 0 saturated carbocycles. The Bertz CT molecular complexity index is 721. The summed E-state index contributed by atoms with van der Waals surface area (Å²) >= 11 is 0. The summed E-state index contributed by atoms with van der Waals surface area (Å²) in [4.78, 5) is 40.6. The second kappa shape index (κ2) is 8.63. The molecule has 3 amide bonds. The average Bonchev–Trinajstić information content (AvgIpc) is 2.80. The second-order valence-corrected chi connectivity index (χ2v) is 7.49. The lowest BCUT2D eigenvalue weighted by Gasteiger charge is -2.28. The largest absolute Gasteiger partial charge is 0.327 e. The normalized spacial score (nSPS) is 21.1. The van der Waals surface area contributed by atoms with Crippen molar-refractivity contribution in [1.82, 2.24) is 9.80 Å². The highest BCUT2D eigenvalue weighted by Gasteiger charge is 2.53. The molecule has 1 aromatic rings. The standard InChI is InChI=1S/C21H29FN2O3/c1-5-7-10-15(6-2)18(25)14-24-19(26)21(3,23(4)20(24)27)13-16-11-8-9-12-17(16)22/h8-9,11-12,15H,5-7,10,13-14H2,1-4H3. The highest BCUT2D eigenvalue weighted by atomic mass is 19.1. The van der Waals surface area contributed by atoms with Crippen molar-refractivity contribution in [2.24, 2.45) is 5.92 Å². The number of carbonyl (C=O) groups excluding carboxylic acids is 3. The van der Waals surface area contributed by atoms with Crippen LogP contribution >= 0.6 is 0 Å². The van der Waals surface area contributed by atoms with Gasteiger partial charge in [-0.2, -0.15) is 0 Å². The van der Waals surface area contributed by atoms with Gasteiger partial charge in [-0.15, -0.1) is 0 Å². The molecule has 1 fully saturated rings. The molecule has 2 unspecified atom stereocenters. The summed E-state index contributed by atoms with van der Waals surface area (Å²) in [7, 11) is 1.53.